The lowest BCUT2D eigenvalue weighted by Gasteiger charge is -2.23. The van der Waals surface area contributed by atoms with Gasteiger partial charge in [-0.25, -0.2) is 4.79 Å². The molecule has 7 heteroatoms. The number of aryl methyl sites for hydroxylation is 1. The summed E-state index contributed by atoms with van der Waals surface area (Å²) in [5.41, 5.74) is 1.05. The van der Waals surface area contributed by atoms with Gasteiger partial charge in [-0.2, -0.15) is 5.10 Å². The largest absolute Gasteiger partial charge is 0.481 e. The number of amides is 2. The van der Waals surface area contributed by atoms with Crippen LogP contribution in [0.4, 0.5) is 4.79 Å². The normalized spacial score (nSPS) is 18.2. The van der Waals surface area contributed by atoms with Crippen LogP contribution in [-0.4, -0.2) is 50.9 Å². The number of aromatic nitrogens is 2. The fraction of sp³-hybridized carbons (Fsp3) is 0.615. The Kier molecular flexibility index (Phi) is 4.60. The van der Waals surface area contributed by atoms with Gasteiger partial charge in [0.25, 0.3) is 0 Å². The molecule has 0 aromatic carbocycles. The van der Waals surface area contributed by atoms with Crippen LogP contribution in [0, 0.1) is 0 Å². The lowest BCUT2D eigenvalue weighted by atomic mass is 10.1. The number of hydrogen-bond donors (Lipinski definition) is 2. The van der Waals surface area contributed by atoms with Crippen molar-refractivity contribution in [3.8, 4) is 0 Å². The molecule has 2 heterocycles. The number of likely N-dealkylation sites (tertiary alicyclic amines) is 1. The van der Waals surface area contributed by atoms with Crippen LogP contribution in [0.15, 0.2) is 12.3 Å². The predicted octanol–water partition coefficient (Wildman–Crippen LogP) is 0.611. The van der Waals surface area contributed by atoms with Crippen LogP contribution in [0.25, 0.3) is 0 Å². The summed E-state index contributed by atoms with van der Waals surface area (Å²) in [5.74, 6) is -0.857. The van der Waals surface area contributed by atoms with Crippen LogP contribution in [-0.2, 0) is 18.3 Å². The summed E-state index contributed by atoms with van der Waals surface area (Å²) < 4.78 is 1.77. The van der Waals surface area contributed by atoms with Crippen LogP contribution >= 0.6 is 0 Å². The minimum Gasteiger partial charge on any atom is -0.481 e. The van der Waals surface area contributed by atoms with Crippen molar-refractivity contribution in [3.05, 3.63) is 18.0 Å². The van der Waals surface area contributed by atoms with Gasteiger partial charge in [-0.15, -0.1) is 0 Å². The third kappa shape index (κ3) is 3.49. The average molecular weight is 280 g/mol. The van der Waals surface area contributed by atoms with E-state index < -0.39 is 5.97 Å². The first-order chi connectivity index (χ1) is 9.58. The monoisotopic (exact) mass is 280 g/mol. The molecule has 1 aliphatic heterocycles. The Bertz CT molecular complexity index is 486. The van der Waals surface area contributed by atoms with Gasteiger partial charge in [0.15, 0.2) is 0 Å². The van der Waals surface area contributed by atoms with E-state index in [2.05, 4.69) is 10.4 Å². The van der Waals surface area contributed by atoms with Crippen molar-refractivity contribution in [2.75, 3.05) is 13.1 Å². The molecular formula is C13H20N4O3. The SMILES string of the molecule is Cn1nccc1CCNC(=O)N1CCCC1CC(=O)O. The molecule has 1 aromatic heterocycles. The van der Waals surface area contributed by atoms with E-state index in [0.717, 1.165) is 18.5 Å². The van der Waals surface area contributed by atoms with E-state index in [0.29, 0.717) is 19.5 Å². The highest BCUT2D eigenvalue weighted by molar-refractivity contribution is 5.76. The van der Waals surface area contributed by atoms with Gasteiger partial charge in [0.1, 0.15) is 0 Å². The minimum atomic E-state index is -0.857. The van der Waals surface area contributed by atoms with E-state index in [4.69, 9.17) is 5.11 Å². The minimum absolute atomic E-state index is 0.0230. The Hall–Kier alpha value is -2.05. The van der Waals surface area contributed by atoms with Gasteiger partial charge in [0.05, 0.1) is 6.42 Å². The summed E-state index contributed by atoms with van der Waals surface area (Å²) in [6, 6.07) is 1.56. The highest BCUT2D eigenvalue weighted by Crippen LogP contribution is 2.19. The summed E-state index contributed by atoms with van der Waals surface area (Å²) in [6.45, 7) is 1.16. The fourth-order valence-corrected chi connectivity index (χ4v) is 2.56. The third-order valence-corrected chi connectivity index (χ3v) is 3.63. The van der Waals surface area contributed by atoms with Gasteiger partial charge in [-0.3, -0.25) is 9.48 Å². The Morgan fingerprint density at radius 2 is 2.35 bits per heavy atom. The molecule has 1 atom stereocenters. The molecule has 2 N–H and O–H groups in total. The molecule has 1 saturated heterocycles. The molecule has 20 heavy (non-hydrogen) atoms. The zero-order valence-corrected chi connectivity index (χ0v) is 11.6. The van der Waals surface area contributed by atoms with Gasteiger partial charge >= 0.3 is 12.0 Å². The van der Waals surface area contributed by atoms with Gasteiger partial charge in [-0.1, -0.05) is 0 Å². The molecule has 2 amide bonds. The van der Waals surface area contributed by atoms with Crippen molar-refractivity contribution < 1.29 is 14.7 Å². The number of carboxylic acids is 1. The molecule has 1 fully saturated rings. The Morgan fingerprint density at radius 1 is 1.55 bits per heavy atom. The second-order valence-electron chi connectivity index (χ2n) is 5.02. The van der Waals surface area contributed by atoms with E-state index in [1.807, 2.05) is 13.1 Å². The summed E-state index contributed by atoms with van der Waals surface area (Å²) in [6.07, 6.45) is 4.09. The molecule has 2 rings (SSSR count). The second kappa shape index (κ2) is 6.40. The molecule has 7 nitrogen and oxygen atoms in total. The van der Waals surface area contributed by atoms with E-state index in [1.54, 1.807) is 15.8 Å². The number of carbonyl (C=O) groups is 2. The third-order valence-electron chi connectivity index (χ3n) is 3.63. The summed E-state index contributed by atoms with van der Waals surface area (Å²) >= 11 is 0. The van der Waals surface area contributed by atoms with Crippen molar-refractivity contribution in [2.45, 2.75) is 31.7 Å². The zero-order valence-electron chi connectivity index (χ0n) is 11.6. The lowest BCUT2D eigenvalue weighted by Crippen LogP contribution is -2.44. The number of carboxylic acid groups (broad SMARTS) is 1. The molecule has 1 aliphatic rings. The summed E-state index contributed by atoms with van der Waals surface area (Å²) in [4.78, 5) is 24.4. The first-order valence-electron chi connectivity index (χ1n) is 6.81. The maximum Gasteiger partial charge on any atom is 0.317 e. The van der Waals surface area contributed by atoms with Crippen LogP contribution < -0.4 is 5.32 Å². The number of rotatable bonds is 5. The van der Waals surface area contributed by atoms with E-state index in [1.165, 1.54) is 0 Å². The number of aliphatic carboxylic acids is 1. The summed E-state index contributed by atoms with van der Waals surface area (Å²) in [5, 5.41) is 15.7. The number of nitrogens with zero attached hydrogens (tertiary/aromatic N) is 3. The number of hydrogen-bond acceptors (Lipinski definition) is 3. The van der Waals surface area contributed by atoms with Crippen molar-refractivity contribution in [3.63, 3.8) is 0 Å². The van der Waals surface area contributed by atoms with Crippen molar-refractivity contribution in [1.29, 1.82) is 0 Å². The van der Waals surface area contributed by atoms with E-state index in [-0.39, 0.29) is 18.5 Å². The summed E-state index contributed by atoms with van der Waals surface area (Å²) in [7, 11) is 1.86. The average Bonchev–Trinajstić information content (AvgIpc) is 2.98. The highest BCUT2D eigenvalue weighted by Gasteiger charge is 2.30. The molecule has 0 spiro atoms. The first-order valence-corrected chi connectivity index (χ1v) is 6.81. The lowest BCUT2D eigenvalue weighted by molar-refractivity contribution is -0.137. The molecule has 0 radical (unpaired) electrons. The molecule has 1 aromatic rings. The second-order valence-corrected chi connectivity index (χ2v) is 5.02. The quantitative estimate of drug-likeness (QED) is 0.827. The topological polar surface area (TPSA) is 87.5 Å². The number of urea groups is 1. The van der Waals surface area contributed by atoms with Crippen molar-refractivity contribution >= 4 is 12.0 Å². The molecule has 0 aliphatic carbocycles. The van der Waals surface area contributed by atoms with Gasteiger partial charge in [0.2, 0.25) is 0 Å². The van der Waals surface area contributed by atoms with Crippen LogP contribution in [0.2, 0.25) is 0 Å². The zero-order chi connectivity index (χ0) is 14.5. The number of carbonyl (C=O) groups excluding carboxylic acids is 1. The van der Waals surface area contributed by atoms with Crippen LogP contribution in [0.3, 0.4) is 0 Å². The van der Waals surface area contributed by atoms with E-state index in [9.17, 15) is 9.59 Å². The molecular weight excluding hydrogens is 260 g/mol. The van der Waals surface area contributed by atoms with Crippen molar-refractivity contribution in [1.82, 2.24) is 20.0 Å². The van der Waals surface area contributed by atoms with Crippen LogP contribution in [0.1, 0.15) is 25.0 Å². The standard InChI is InChI=1S/C13H20N4O3/c1-16-10(5-7-15-16)4-6-14-13(20)17-8-2-3-11(17)9-12(18)19/h5,7,11H,2-4,6,8-9H2,1H3,(H,14,20)(H,18,19). The Labute approximate surface area is 117 Å². The molecule has 1 unspecified atom stereocenters. The van der Waals surface area contributed by atoms with Gasteiger partial charge in [-0.05, 0) is 18.9 Å². The van der Waals surface area contributed by atoms with Crippen molar-refractivity contribution in [2.24, 2.45) is 7.05 Å². The van der Waals surface area contributed by atoms with E-state index >= 15 is 0 Å². The fourth-order valence-electron chi connectivity index (χ4n) is 2.56. The van der Waals surface area contributed by atoms with Gasteiger partial charge < -0.3 is 15.3 Å². The van der Waals surface area contributed by atoms with Crippen LogP contribution in [0.5, 0.6) is 0 Å². The number of nitrogens with one attached hydrogen (secondary N) is 1. The predicted molar refractivity (Wildman–Crippen MR) is 72.3 cm³/mol. The smallest absolute Gasteiger partial charge is 0.317 e. The van der Waals surface area contributed by atoms with Gasteiger partial charge in [0, 0.05) is 44.5 Å². The molecule has 0 bridgehead atoms. The first kappa shape index (κ1) is 14.4. The maximum atomic E-state index is 12.1. The highest BCUT2D eigenvalue weighted by atomic mass is 16.4. The molecule has 110 valence electrons. The molecule has 0 saturated carbocycles. The Morgan fingerprint density at radius 3 is 3.00 bits per heavy atom. The Balaban J connectivity index is 1.79. The maximum absolute atomic E-state index is 12.1.